The minimum Gasteiger partial charge on any atom is -0.347 e. The van der Waals surface area contributed by atoms with Gasteiger partial charge in [-0.15, -0.1) is 0 Å². The number of carbonyl (C=O) groups is 1. The summed E-state index contributed by atoms with van der Waals surface area (Å²) >= 11 is 5.76. The maximum absolute atomic E-state index is 13.2. The van der Waals surface area contributed by atoms with Gasteiger partial charge in [0.1, 0.15) is 11.5 Å². The highest BCUT2D eigenvalue weighted by Crippen LogP contribution is 2.17. The van der Waals surface area contributed by atoms with Crippen molar-refractivity contribution in [1.82, 2.24) is 14.5 Å². The van der Waals surface area contributed by atoms with E-state index in [2.05, 4.69) is 5.32 Å². The lowest BCUT2D eigenvalue weighted by Crippen LogP contribution is -2.24. The van der Waals surface area contributed by atoms with Crippen molar-refractivity contribution in [2.45, 2.75) is 26.9 Å². The zero-order chi connectivity index (χ0) is 19.7. The maximum atomic E-state index is 13.2. The van der Waals surface area contributed by atoms with E-state index in [1.807, 2.05) is 19.9 Å². The van der Waals surface area contributed by atoms with Crippen LogP contribution in [-0.4, -0.2) is 15.0 Å². The normalized spacial score (nSPS) is 11.3. The van der Waals surface area contributed by atoms with Crippen LogP contribution in [0.5, 0.6) is 0 Å². The van der Waals surface area contributed by atoms with Gasteiger partial charge in [-0.25, -0.2) is 4.39 Å². The number of amides is 1. The average molecular weight is 390 g/mol. The summed E-state index contributed by atoms with van der Waals surface area (Å²) in [5, 5.41) is 3.30. The molecule has 142 valence electrons. The molecule has 3 rings (SSSR count). The van der Waals surface area contributed by atoms with E-state index < -0.39 is 5.82 Å². The molecule has 1 aromatic carbocycles. The summed E-state index contributed by atoms with van der Waals surface area (Å²) in [7, 11) is 1.75. The monoisotopic (exact) mass is 389 g/mol. The Hall–Kier alpha value is -2.60. The number of carbonyl (C=O) groups excluding carboxylic acids is 1. The molecule has 27 heavy (non-hydrogen) atoms. The van der Waals surface area contributed by atoms with Gasteiger partial charge in [0.15, 0.2) is 0 Å². The van der Waals surface area contributed by atoms with Gasteiger partial charge >= 0.3 is 0 Å². The maximum Gasteiger partial charge on any atom is 0.268 e. The molecule has 3 aromatic rings. The van der Waals surface area contributed by atoms with Crippen molar-refractivity contribution in [3.63, 3.8) is 0 Å². The van der Waals surface area contributed by atoms with E-state index in [1.54, 1.807) is 34.5 Å². The number of benzene rings is 1. The quantitative estimate of drug-likeness (QED) is 0.723. The van der Waals surface area contributed by atoms with Gasteiger partial charge in [-0.2, -0.15) is 0 Å². The van der Waals surface area contributed by atoms with Crippen molar-refractivity contribution >= 4 is 28.4 Å². The summed E-state index contributed by atoms with van der Waals surface area (Å²) in [5.74, 6) is -0.476. The number of nitrogens with one attached hydrogen (secondary N) is 1. The lowest BCUT2D eigenvalue weighted by Gasteiger charge is -2.09. The Balaban J connectivity index is 1.86. The molecule has 0 aliphatic heterocycles. The van der Waals surface area contributed by atoms with Crippen LogP contribution in [0.15, 0.2) is 41.3 Å². The smallest absolute Gasteiger partial charge is 0.268 e. The van der Waals surface area contributed by atoms with Crippen molar-refractivity contribution in [2.75, 3.05) is 0 Å². The SMILES string of the molecule is CC(C)Cn1ccc2c(cc(C(=O)NCc3ccc(F)c(Cl)c3)n2C)c1=O. The molecule has 2 heterocycles. The van der Waals surface area contributed by atoms with Gasteiger partial charge in [-0.1, -0.05) is 31.5 Å². The third-order valence-electron chi connectivity index (χ3n) is 4.41. The predicted octanol–water partition coefficient (Wildman–Crippen LogP) is 3.72. The van der Waals surface area contributed by atoms with Crippen LogP contribution in [0, 0.1) is 11.7 Å². The Labute approximate surface area is 161 Å². The molecule has 1 N–H and O–H groups in total. The molecule has 0 atom stereocenters. The van der Waals surface area contributed by atoms with Crippen LogP contribution >= 0.6 is 11.6 Å². The number of fused-ring (bicyclic) bond motifs is 1. The first-order valence-electron chi connectivity index (χ1n) is 8.69. The molecule has 0 unspecified atom stereocenters. The Morgan fingerprint density at radius 3 is 2.67 bits per heavy atom. The molecular formula is C20H21ClFN3O2. The van der Waals surface area contributed by atoms with E-state index in [0.717, 1.165) is 0 Å². The van der Waals surface area contributed by atoms with Gasteiger partial charge < -0.3 is 14.5 Å². The van der Waals surface area contributed by atoms with Crippen molar-refractivity contribution < 1.29 is 9.18 Å². The average Bonchev–Trinajstić information content (AvgIpc) is 2.95. The minimum absolute atomic E-state index is 0.0112. The number of halogens is 2. The van der Waals surface area contributed by atoms with Crippen molar-refractivity contribution in [1.29, 1.82) is 0 Å². The second kappa shape index (κ2) is 7.56. The van der Waals surface area contributed by atoms with E-state index in [9.17, 15) is 14.0 Å². The summed E-state index contributed by atoms with van der Waals surface area (Å²) in [5.41, 5.74) is 1.67. The molecule has 7 heteroatoms. The molecule has 0 saturated heterocycles. The van der Waals surface area contributed by atoms with Crippen LogP contribution in [0.2, 0.25) is 5.02 Å². The fourth-order valence-corrected chi connectivity index (χ4v) is 3.25. The number of aromatic nitrogens is 2. The van der Waals surface area contributed by atoms with Crippen LogP contribution in [-0.2, 0) is 20.1 Å². The first-order valence-corrected chi connectivity index (χ1v) is 9.06. The number of pyridine rings is 1. The number of aryl methyl sites for hydroxylation is 1. The molecule has 1 amide bonds. The van der Waals surface area contributed by atoms with Crippen LogP contribution in [0.25, 0.3) is 10.9 Å². The molecule has 2 aromatic heterocycles. The van der Waals surface area contributed by atoms with Crippen molar-refractivity contribution in [3.05, 3.63) is 69.0 Å². The zero-order valence-electron chi connectivity index (χ0n) is 15.4. The highest BCUT2D eigenvalue weighted by atomic mass is 35.5. The number of hydrogen-bond acceptors (Lipinski definition) is 2. The molecule has 0 aliphatic carbocycles. The first kappa shape index (κ1) is 19.2. The Morgan fingerprint density at radius 1 is 1.26 bits per heavy atom. The van der Waals surface area contributed by atoms with Crippen LogP contribution < -0.4 is 10.9 Å². The van der Waals surface area contributed by atoms with Gasteiger partial charge in [0.05, 0.1) is 15.9 Å². The topological polar surface area (TPSA) is 56.0 Å². The second-order valence-electron chi connectivity index (χ2n) is 6.99. The summed E-state index contributed by atoms with van der Waals surface area (Å²) in [6, 6.07) is 7.76. The highest BCUT2D eigenvalue weighted by molar-refractivity contribution is 6.30. The van der Waals surface area contributed by atoms with Gasteiger partial charge in [0.2, 0.25) is 0 Å². The summed E-state index contributed by atoms with van der Waals surface area (Å²) < 4.78 is 16.6. The molecule has 0 aliphatic rings. The molecule has 5 nitrogen and oxygen atoms in total. The third-order valence-corrected chi connectivity index (χ3v) is 4.70. The summed E-state index contributed by atoms with van der Waals surface area (Å²) in [4.78, 5) is 25.3. The lowest BCUT2D eigenvalue weighted by molar-refractivity contribution is 0.0943. The number of nitrogens with zero attached hydrogens (tertiary/aromatic N) is 2. The Morgan fingerprint density at radius 2 is 2.00 bits per heavy atom. The van der Waals surface area contributed by atoms with E-state index in [0.29, 0.717) is 34.6 Å². The van der Waals surface area contributed by atoms with Crippen LogP contribution in [0.3, 0.4) is 0 Å². The first-order chi connectivity index (χ1) is 12.8. The van der Waals surface area contributed by atoms with Gasteiger partial charge in [0.25, 0.3) is 11.5 Å². The van der Waals surface area contributed by atoms with E-state index in [1.165, 1.54) is 12.1 Å². The van der Waals surface area contributed by atoms with Crippen LogP contribution in [0.1, 0.15) is 29.9 Å². The molecule has 0 spiro atoms. The second-order valence-corrected chi connectivity index (χ2v) is 7.39. The van der Waals surface area contributed by atoms with E-state index >= 15 is 0 Å². The molecule has 0 bridgehead atoms. The Kier molecular flexibility index (Phi) is 5.37. The molecule has 0 saturated carbocycles. The van der Waals surface area contributed by atoms with E-state index in [-0.39, 0.29) is 23.0 Å². The van der Waals surface area contributed by atoms with Crippen LogP contribution in [0.4, 0.5) is 4.39 Å². The van der Waals surface area contributed by atoms with Crippen molar-refractivity contribution in [3.8, 4) is 0 Å². The fourth-order valence-electron chi connectivity index (χ4n) is 3.05. The third kappa shape index (κ3) is 3.90. The minimum atomic E-state index is -0.502. The molecule has 0 radical (unpaired) electrons. The highest BCUT2D eigenvalue weighted by Gasteiger charge is 2.16. The molecular weight excluding hydrogens is 369 g/mol. The van der Waals surface area contributed by atoms with Gasteiger partial charge in [-0.3, -0.25) is 9.59 Å². The molecule has 0 fully saturated rings. The zero-order valence-corrected chi connectivity index (χ0v) is 16.2. The lowest BCUT2D eigenvalue weighted by atomic mass is 10.2. The standard InChI is InChI=1S/C20H21ClFN3O2/c1-12(2)11-25-7-6-17-14(20(25)27)9-18(24(17)3)19(26)23-10-13-4-5-16(22)15(21)8-13/h4-9,12H,10-11H2,1-3H3,(H,23,26). The Bertz CT molecular complexity index is 1070. The number of rotatable bonds is 5. The van der Waals surface area contributed by atoms with Gasteiger partial charge in [0, 0.05) is 26.3 Å². The largest absolute Gasteiger partial charge is 0.347 e. The van der Waals surface area contributed by atoms with Crippen molar-refractivity contribution in [2.24, 2.45) is 13.0 Å². The predicted molar refractivity (Wildman–Crippen MR) is 105 cm³/mol. The summed E-state index contributed by atoms with van der Waals surface area (Å²) in [6.07, 6.45) is 1.76. The fraction of sp³-hybridized carbons (Fsp3) is 0.300. The summed E-state index contributed by atoms with van der Waals surface area (Å²) in [6.45, 7) is 4.92. The number of hydrogen-bond donors (Lipinski definition) is 1. The van der Waals surface area contributed by atoms with Gasteiger partial charge in [-0.05, 0) is 35.7 Å². The van der Waals surface area contributed by atoms with E-state index in [4.69, 9.17) is 11.6 Å².